The molecule has 9 nitrogen and oxygen atoms in total. The molecule has 0 bridgehead atoms. The Hall–Kier alpha value is -3.20. The maximum Gasteiger partial charge on any atom is 0.272 e. The van der Waals surface area contributed by atoms with Crippen LogP contribution in [0.5, 0.6) is 0 Å². The largest absolute Gasteiger partial charge is 0.388 e. The topological polar surface area (TPSA) is 105 Å². The first-order chi connectivity index (χ1) is 15.3. The van der Waals surface area contributed by atoms with Gasteiger partial charge in [0.1, 0.15) is 5.69 Å². The number of carbonyl (C=O) groups is 2. The highest BCUT2D eigenvalue weighted by molar-refractivity contribution is 5.93. The molecule has 1 aromatic carbocycles. The van der Waals surface area contributed by atoms with E-state index in [1.165, 1.54) is 6.92 Å². The molecule has 3 aromatic rings. The summed E-state index contributed by atoms with van der Waals surface area (Å²) in [5.41, 5.74) is 2.31. The Bertz CT molecular complexity index is 1180. The van der Waals surface area contributed by atoms with Crippen molar-refractivity contribution in [1.29, 1.82) is 0 Å². The highest BCUT2D eigenvalue weighted by Crippen LogP contribution is 2.39. The van der Waals surface area contributed by atoms with E-state index in [2.05, 4.69) is 15.5 Å². The molecule has 0 spiro atoms. The fraction of sp³-hybridized carbons (Fsp3) is 0.478. The van der Waals surface area contributed by atoms with Gasteiger partial charge in [0, 0.05) is 44.1 Å². The quantitative estimate of drug-likeness (QED) is 0.638. The van der Waals surface area contributed by atoms with Crippen molar-refractivity contribution < 1.29 is 14.7 Å². The fourth-order valence-corrected chi connectivity index (χ4v) is 4.49. The number of likely N-dealkylation sites (tertiary alicyclic amines) is 1. The first-order valence-corrected chi connectivity index (χ1v) is 11.1. The van der Waals surface area contributed by atoms with Gasteiger partial charge in [-0.15, -0.1) is 0 Å². The lowest BCUT2D eigenvalue weighted by molar-refractivity contribution is -0.114. The molecule has 0 radical (unpaired) electrons. The lowest BCUT2D eigenvalue weighted by atomic mass is 9.91. The summed E-state index contributed by atoms with van der Waals surface area (Å²) in [6.45, 7) is 2.81. The summed E-state index contributed by atoms with van der Waals surface area (Å²) in [6, 6.07) is 7.52. The van der Waals surface area contributed by atoms with Crippen LogP contribution in [-0.4, -0.2) is 60.1 Å². The van der Waals surface area contributed by atoms with Gasteiger partial charge in [0.05, 0.1) is 29.6 Å². The second-order valence-corrected chi connectivity index (χ2v) is 9.13. The first-order valence-electron chi connectivity index (χ1n) is 11.1. The molecule has 1 aliphatic carbocycles. The number of nitrogens with zero attached hydrogens (tertiary/aromatic N) is 5. The average molecular weight is 437 g/mol. The van der Waals surface area contributed by atoms with Crippen molar-refractivity contribution in [3.05, 3.63) is 41.9 Å². The van der Waals surface area contributed by atoms with Gasteiger partial charge >= 0.3 is 0 Å². The number of piperidine rings is 1. The molecule has 0 unspecified atom stereocenters. The molecule has 2 fully saturated rings. The van der Waals surface area contributed by atoms with Crippen LogP contribution in [0.3, 0.4) is 0 Å². The minimum absolute atomic E-state index is 0.0241. The zero-order chi connectivity index (χ0) is 22.5. The zero-order valence-corrected chi connectivity index (χ0v) is 18.4. The number of nitrogens with one attached hydrogen (secondary N) is 1. The molecule has 1 aliphatic heterocycles. The number of anilines is 1. The number of carbonyl (C=O) groups excluding carboxylic acids is 2. The number of aromatic nitrogens is 4. The van der Waals surface area contributed by atoms with Gasteiger partial charge in [-0.25, -0.2) is 0 Å². The van der Waals surface area contributed by atoms with Crippen LogP contribution in [0.2, 0.25) is 0 Å². The van der Waals surface area contributed by atoms with Crippen LogP contribution < -0.4 is 5.32 Å². The lowest BCUT2D eigenvalue weighted by Gasteiger charge is -2.38. The SMILES string of the molecule is CC(=O)Nc1ccc2c(cnn2CC2(O)CCN(C(=O)c3cc(C4CC4)nn3C)CC2)c1. The molecule has 1 saturated heterocycles. The number of fused-ring (bicyclic) bond motifs is 1. The third kappa shape index (κ3) is 4.00. The molecule has 2 aromatic heterocycles. The van der Waals surface area contributed by atoms with E-state index in [0.29, 0.717) is 44.1 Å². The summed E-state index contributed by atoms with van der Waals surface area (Å²) < 4.78 is 3.48. The predicted octanol–water partition coefficient (Wildman–Crippen LogP) is 2.27. The number of aryl methyl sites for hydroxylation is 1. The van der Waals surface area contributed by atoms with E-state index in [9.17, 15) is 14.7 Å². The molecule has 2 N–H and O–H groups in total. The molecule has 168 valence electrons. The third-order valence-electron chi connectivity index (χ3n) is 6.50. The van der Waals surface area contributed by atoms with Crippen molar-refractivity contribution in [2.45, 2.75) is 50.7 Å². The number of rotatable bonds is 5. The van der Waals surface area contributed by atoms with Crippen LogP contribution in [0.15, 0.2) is 30.5 Å². The number of amides is 2. The second kappa shape index (κ2) is 7.74. The van der Waals surface area contributed by atoms with Crippen molar-refractivity contribution in [3.63, 3.8) is 0 Å². The van der Waals surface area contributed by atoms with E-state index in [1.807, 2.05) is 36.2 Å². The van der Waals surface area contributed by atoms with Crippen molar-refractivity contribution in [3.8, 4) is 0 Å². The van der Waals surface area contributed by atoms with Gasteiger partial charge in [0.2, 0.25) is 5.91 Å². The highest BCUT2D eigenvalue weighted by Gasteiger charge is 2.36. The summed E-state index contributed by atoms with van der Waals surface area (Å²) in [7, 11) is 1.82. The Morgan fingerprint density at radius 1 is 1.22 bits per heavy atom. The third-order valence-corrected chi connectivity index (χ3v) is 6.50. The number of benzene rings is 1. The summed E-state index contributed by atoms with van der Waals surface area (Å²) in [5.74, 6) is 0.360. The maximum absolute atomic E-state index is 13.0. The monoisotopic (exact) mass is 436 g/mol. The smallest absolute Gasteiger partial charge is 0.272 e. The zero-order valence-electron chi connectivity index (χ0n) is 18.4. The van der Waals surface area contributed by atoms with Crippen LogP contribution in [0.4, 0.5) is 5.69 Å². The fourth-order valence-electron chi connectivity index (χ4n) is 4.49. The summed E-state index contributed by atoms with van der Waals surface area (Å²) in [5, 5.41) is 23.8. The van der Waals surface area contributed by atoms with Gasteiger partial charge in [-0.3, -0.25) is 19.0 Å². The van der Waals surface area contributed by atoms with Gasteiger partial charge in [0.15, 0.2) is 0 Å². The molecular weight excluding hydrogens is 408 g/mol. The summed E-state index contributed by atoms with van der Waals surface area (Å²) in [4.78, 5) is 26.1. The lowest BCUT2D eigenvalue weighted by Crippen LogP contribution is -2.49. The maximum atomic E-state index is 13.0. The summed E-state index contributed by atoms with van der Waals surface area (Å²) >= 11 is 0. The van der Waals surface area contributed by atoms with E-state index in [1.54, 1.807) is 15.6 Å². The normalized spacial score (nSPS) is 18.2. The molecule has 5 rings (SSSR count). The van der Waals surface area contributed by atoms with Gasteiger partial charge in [-0.2, -0.15) is 10.2 Å². The minimum atomic E-state index is -0.933. The Kier molecular flexibility index (Phi) is 5.00. The van der Waals surface area contributed by atoms with Gasteiger partial charge in [-0.05, 0) is 49.9 Å². The van der Waals surface area contributed by atoms with E-state index in [-0.39, 0.29) is 11.8 Å². The number of hydrogen-bond donors (Lipinski definition) is 2. The molecule has 2 aliphatic rings. The Morgan fingerprint density at radius 2 is 1.97 bits per heavy atom. The highest BCUT2D eigenvalue weighted by atomic mass is 16.3. The van der Waals surface area contributed by atoms with E-state index in [0.717, 1.165) is 35.1 Å². The van der Waals surface area contributed by atoms with E-state index in [4.69, 9.17) is 0 Å². The van der Waals surface area contributed by atoms with Gasteiger partial charge in [-0.1, -0.05) is 0 Å². The molecule has 9 heteroatoms. The first kappa shape index (κ1) is 20.7. The molecule has 1 saturated carbocycles. The minimum Gasteiger partial charge on any atom is -0.388 e. The van der Waals surface area contributed by atoms with Crippen molar-refractivity contribution in [1.82, 2.24) is 24.5 Å². The Balaban J connectivity index is 1.25. The van der Waals surface area contributed by atoms with Crippen LogP contribution in [0, 0.1) is 0 Å². The molecular formula is C23H28N6O3. The van der Waals surface area contributed by atoms with Crippen LogP contribution in [0.1, 0.15) is 54.7 Å². The Morgan fingerprint density at radius 3 is 2.66 bits per heavy atom. The molecule has 32 heavy (non-hydrogen) atoms. The number of aliphatic hydroxyl groups is 1. The standard InChI is InChI=1S/C23H28N6O3/c1-15(30)25-18-5-6-20-17(11-18)13-24-29(20)14-23(32)7-9-28(10-8-23)22(31)21-12-19(16-3-4-16)26-27(21)2/h5-6,11-13,16,32H,3-4,7-10,14H2,1-2H3,(H,25,30). The van der Waals surface area contributed by atoms with Crippen molar-refractivity contribution >= 4 is 28.4 Å². The van der Waals surface area contributed by atoms with E-state index < -0.39 is 5.60 Å². The summed E-state index contributed by atoms with van der Waals surface area (Å²) in [6.07, 6.45) is 5.01. The molecule has 2 amide bonds. The van der Waals surface area contributed by atoms with Gasteiger partial charge in [0.25, 0.3) is 5.91 Å². The Labute approximate surface area is 186 Å². The van der Waals surface area contributed by atoms with Gasteiger partial charge < -0.3 is 15.3 Å². The van der Waals surface area contributed by atoms with Crippen LogP contribution in [-0.2, 0) is 18.4 Å². The average Bonchev–Trinajstić information content (AvgIpc) is 3.43. The predicted molar refractivity (Wildman–Crippen MR) is 119 cm³/mol. The van der Waals surface area contributed by atoms with Crippen LogP contribution >= 0.6 is 0 Å². The number of hydrogen-bond acceptors (Lipinski definition) is 5. The molecule has 3 heterocycles. The molecule has 0 atom stereocenters. The van der Waals surface area contributed by atoms with Crippen molar-refractivity contribution in [2.24, 2.45) is 7.05 Å². The van der Waals surface area contributed by atoms with E-state index >= 15 is 0 Å². The second-order valence-electron chi connectivity index (χ2n) is 9.13. The van der Waals surface area contributed by atoms with Crippen LogP contribution in [0.25, 0.3) is 10.9 Å². The van der Waals surface area contributed by atoms with Crippen molar-refractivity contribution in [2.75, 3.05) is 18.4 Å².